The van der Waals surface area contributed by atoms with Gasteiger partial charge in [-0.1, -0.05) is 11.8 Å². The molecule has 0 radical (unpaired) electrons. The Labute approximate surface area is 64.1 Å². The van der Waals surface area contributed by atoms with Crippen molar-refractivity contribution in [2.24, 2.45) is 7.05 Å². The molecule has 0 atom stereocenters. The molecule has 0 fully saturated rings. The van der Waals surface area contributed by atoms with Crippen LogP contribution in [0.3, 0.4) is 0 Å². The lowest BCUT2D eigenvalue weighted by Crippen LogP contribution is -1.96. The lowest BCUT2D eigenvalue weighted by Gasteiger charge is -1.98. The molecule has 56 valence electrons. The van der Waals surface area contributed by atoms with Crippen LogP contribution in [-0.4, -0.2) is 20.9 Å². The Morgan fingerprint density at radius 3 is 2.80 bits per heavy atom. The Bertz CT molecular complexity index is 200. The van der Waals surface area contributed by atoms with Crippen molar-refractivity contribution in [2.45, 2.75) is 11.8 Å². The normalized spacial score (nSPS) is 10.3. The van der Waals surface area contributed by atoms with E-state index >= 15 is 0 Å². The third-order valence-corrected chi connectivity index (χ3v) is 2.13. The first-order valence-electron chi connectivity index (χ1n) is 2.95. The number of nitrogens with zero attached hydrogens (tertiary/aromatic N) is 2. The zero-order valence-corrected chi connectivity index (χ0v) is 6.85. The second-order valence-electron chi connectivity index (χ2n) is 1.95. The summed E-state index contributed by atoms with van der Waals surface area (Å²) in [4.78, 5) is 4.07. The van der Waals surface area contributed by atoms with Gasteiger partial charge in [0.2, 0.25) is 0 Å². The van der Waals surface area contributed by atoms with Gasteiger partial charge in [-0.2, -0.15) is 0 Å². The molecule has 0 spiro atoms. The van der Waals surface area contributed by atoms with Gasteiger partial charge in [0.05, 0.1) is 18.5 Å². The predicted octanol–water partition coefficient (Wildman–Crippen LogP) is 0.634. The van der Waals surface area contributed by atoms with E-state index < -0.39 is 0 Å². The maximum Gasteiger partial charge on any atom is 0.167 e. The number of hydrogen-bond acceptors (Lipinski definition) is 3. The Hall–Kier alpha value is -0.480. The van der Waals surface area contributed by atoms with E-state index in [1.807, 2.05) is 17.9 Å². The number of thioether (sulfide) groups is 1. The first-order chi connectivity index (χ1) is 4.79. The third kappa shape index (κ3) is 1.17. The molecule has 1 heterocycles. The van der Waals surface area contributed by atoms with Crippen molar-refractivity contribution in [3.63, 3.8) is 0 Å². The molecule has 1 aromatic rings. The summed E-state index contributed by atoms with van der Waals surface area (Å²) in [5.74, 6) is 0. The molecular weight excluding hydrogens is 148 g/mol. The van der Waals surface area contributed by atoms with Crippen LogP contribution in [0.1, 0.15) is 5.69 Å². The summed E-state index contributed by atoms with van der Waals surface area (Å²) >= 11 is 1.57. The first-order valence-corrected chi connectivity index (χ1v) is 4.17. The average molecular weight is 158 g/mol. The Morgan fingerprint density at radius 1 is 1.80 bits per heavy atom. The second kappa shape index (κ2) is 3.07. The van der Waals surface area contributed by atoms with E-state index in [2.05, 4.69) is 4.98 Å². The van der Waals surface area contributed by atoms with Gasteiger partial charge < -0.3 is 9.67 Å². The molecule has 4 heteroatoms. The lowest BCUT2D eigenvalue weighted by molar-refractivity contribution is 0.271. The van der Waals surface area contributed by atoms with Gasteiger partial charge >= 0.3 is 0 Å². The molecule has 0 aliphatic carbocycles. The summed E-state index contributed by atoms with van der Waals surface area (Å²) in [7, 11) is 1.89. The lowest BCUT2D eigenvalue weighted by atomic mass is 10.5. The van der Waals surface area contributed by atoms with Crippen LogP contribution in [0.15, 0.2) is 11.4 Å². The van der Waals surface area contributed by atoms with Crippen LogP contribution in [0.5, 0.6) is 0 Å². The maximum absolute atomic E-state index is 8.76. The van der Waals surface area contributed by atoms with E-state index in [-0.39, 0.29) is 6.61 Å². The van der Waals surface area contributed by atoms with Crippen LogP contribution in [0.2, 0.25) is 0 Å². The van der Waals surface area contributed by atoms with Gasteiger partial charge in [0.15, 0.2) is 5.16 Å². The van der Waals surface area contributed by atoms with Crippen LogP contribution in [0.4, 0.5) is 0 Å². The number of rotatable bonds is 2. The zero-order valence-electron chi connectivity index (χ0n) is 6.03. The molecule has 0 saturated heterocycles. The maximum atomic E-state index is 8.76. The summed E-state index contributed by atoms with van der Waals surface area (Å²) in [6, 6.07) is 0. The minimum atomic E-state index is 0.0596. The number of aliphatic hydroxyl groups is 1. The standard InChI is InChI=1S/C6H10N2OS/c1-8-5(4-9)3-7-6(8)10-2/h3,9H,4H2,1-2H3. The number of aromatic nitrogens is 2. The zero-order chi connectivity index (χ0) is 7.56. The Balaban J connectivity index is 2.97. The molecule has 0 bridgehead atoms. The molecule has 0 saturated carbocycles. The van der Waals surface area contributed by atoms with Crippen molar-refractivity contribution in [1.29, 1.82) is 0 Å². The van der Waals surface area contributed by atoms with E-state index in [1.54, 1.807) is 18.0 Å². The van der Waals surface area contributed by atoms with Crippen LogP contribution >= 0.6 is 11.8 Å². The van der Waals surface area contributed by atoms with Crippen LogP contribution in [0, 0.1) is 0 Å². The summed E-state index contributed by atoms with van der Waals surface area (Å²) in [5, 5.41) is 9.69. The van der Waals surface area contributed by atoms with Crippen LogP contribution < -0.4 is 0 Å². The molecule has 0 amide bonds. The van der Waals surface area contributed by atoms with Crippen molar-refractivity contribution >= 4 is 11.8 Å². The molecule has 0 unspecified atom stereocenters. The summed E-state index contributed by atoms with van der Waals surface area (Å²) < 4.78 is 1.88. The second-order valence-corrected chi connectivity index (χ2v) is 2.73. The van der Waals surface area contributed by atoms with Crippen molar-refractivity contribution in [1.82, 2.24) is 9.55 Å². The van der Waals surface area contributed by atoms with Gasteiger partial charge in [-0.3, -0.25) is 0 Å². The largest absolute Gasteiger partial charge is 0.390 e. The predicted molar refractivity (Wildman–Crippen MR) is 40.9 cm³/mol. The van der Waals surface area contributed by atoms with E-state index in [0.29, 0.717) is 0 Å². The monoisotopic (exact) mass is 158 g/mol. The highest BCUT2D eigenvalue weighted by molar-refractivity contribution is 7.98. The minimum absolute atomic E-state index is 0.0596. The molecule has 10 heavy (non-hydrogen) atoms. The number of hydrogen-bond donors (Lipinski definition) is 1. The molecule has 1 aromatic heterocycles. The fourth-order valence-corrected chi connectivity index (χ4v) is 1.31. The fraction of sp³-hybridized carbons (Fsp3) is 0.500. The van der Waals surface area contributed by atoms with E-state index in [9.17, 15) is 0 Å². The highest BCUT2D eigenvalue weighted by atomic mass is 32.2. The first kappa shape index (κ1) is 7.63. The van der Waals surface area contributed by atoms with Gasteiger partial charge in [-0.25, -0.2) is 4.98 Å². The molecule has 1 N–H and O–H groups in total. The quantitative estimate of drug-likeness (QED) is 0.642. The van der Waals surface area contributed by atoms with Crippen molar-refractivity contribution in [2.75, 3.05) is 6.26 Å². The van der Waals surface area contributed by atoms with Gasteiger partial charge in [0.1, 0.15) is 0 Å². The fourth-order valence-electron chi connectivity index (χ4n) is 0.762. The smallest absolute Gasteiger partial charge is 0.167 e. The van der Waals surface area contributed by atoms with Gasteiger partial charge in [-0.15, -0.1) is 0 Å². The van der Waals surface area contributed by atoms with Crippen molar-refractivity contribution in [3.8, 4) is 0 Å². The highest BCUT2D eigenvalue weighted by Gasteiger charge is 2.01. The van der Waals surface area contributed by atoms with Crippen molar-refractivity contribution < 1.29 is 5.11 Å². The molecule has 0 aliphatic heterocycles. The molecule has 0 aliphatic rings. The summed E-state index contributed by atoms with van der Waals surface area (Å²) in [6.07, 6.45) is 3.65. The number of aliphatic hydroxyl groups excluding tert-OH is 1. The summed E-state index contributed by atoms with van der Waals surface area (Å²) in [5.41, 5.74) is 0.851. The SMILES string of the molecule is CSc1ncc(CO)n1C. The molecule has 3 nitrogen and oxygen atoms in total. The van der Waals surface area contributed by atoms with Gasteiger partial charge in [0.25, 0.3) is 0 Å². The molecule has 0 aromatic carbocycles. The minimum Gasteiger partial charge on any atom is -0.390 e. The molecular formula is C6H10N2OS. The van der Waals surface area contributed by atoms with E-state index in [0.717, 1.165) is 10.9 Å². The van der Waals surface area contributed by atoms with Gasteiger partial charge in [0, 0.05) is 7.05 Å². The summed E-state index contributed by atoms with van der Waals surface area (Å²) in [6.45, 7) is 0.0596. The highest BCUT2D eigenvalue weighted by Crippen LogP contribution is 2.12. The van der Waals surface area contributed by atoms with E-state index in [4.69, 9.17) is 5.11 Å². The van der Waals surface area contributed by atoms with Crippen LogP contribution in [-0.2, 0) is 13.7 Å². The molecule has 1 rings (SSSR count). The third-order valence-electron chi connectivity index (χ3n) is 1.39. The van der Waals surface area contributed by atoms with Gasteiger partial charge in [-0.05, 0) is 6.26 Å². The van der Waals surface area contributed by atoms with E-state index in [1.165, 1.54) is 0 Å². The average Bonchev–Trinajstić information content (AvgIpc) is 2.30. The Morgan fingerprint density at radius 2 is 2.50 bits per heavy atom. The Kier molecular flexibility index (Phi) is 2.34. The van der Waals surface area contributed by atoms with Crippen molar-refractivity contribution in [3.05, 3.63) is 11.9 Å². The van der Waals surface area contributed by atoms with Crippen LogP contribution in [0.25, 0.3) is 0 Å². The topological polar surface area (TPSA) is 38.1 Å². The number of imidazole rings is 1.